The number of nitrogens with zero attached hydrogens (tertiary/aromatic N) is 1. The highest BCUT2D eigenvalue weighted by molar-refractivity contribution is 5.88. The summed E-state index contributed by atoms with van der Waals surface area (Å²) < 4.78 is 13.7. The summed E-state index contributed by atoms with van der Waals surface area (Å²) in [7, 11) is 0. The van der Waals surface area contributed by atoms with Crippen molar-refractivity contribution in [2.45, 2.75) is 33.1 Å². The Kier molecular flexibility index (Phi) is 3.78. The van der Waals surface area contributed by atoms with Gasteiger partial charge in [-0.15, -0.1) is 0 Å². The summed E-state index contributed by atoms with van der Waals surface area (Å²) in [6.07, 6.45) is 3.35. The van der Waals surface area contributed by atoms with Gasteiger partial charge in [0.1, 0.15) is 5.82 Å². The first-order valence-electron chi connectivity index (χ1n) is 6.79. The number of carboxylic acid groups (broad SMARTS) is 1. The third-order valence-electron chi connectivity index (χ3n) is 4.49. The van der Waals surface area contributed by atoms with Crippen molar-refractivity contribution in [1.29, 1.82) is 0 Å². The summed E-state index contributed by atoms with van der Waals surface area (Å²) in [6, 6.07) is 4.39. The highest BCUT2D eigenvalue weighted by atomic mass is 19.1. The number of benzene rings is 1. The Morgan fingerprint density at radius 3 is 2.58 bits per heavy atom. The van der Waals surface area contributed by atoms with Crippen molar-refractivity contribution in [2.24, 2.45) is 5.41 Å². The van der Waals surface area contributed by atoms with E-state index in [0.29, 0.717) is 5.41 Å². The van der Waals surface area contributed by atoms with Crippen LogP contribution in [0, 0.1) is 11.2 Å². The SMILES string of the molecule is CCC1(CC)CCN(c2ccc(C(=O)O)c(F)c2)C1. The second-order valence-electron chi connectivity index (χ2n) is 5.35. The number of carboxylic acids is 1. The van der Waals surface area contributed by atoms with Crippen LogP contribution in [-0.2, 0) is 0 Å². The molecule has 4 heteroatoms. The average Bonchev–Trinajstić information content (AvgIpc) is 2.83. The summed E-state index contributed by atoms with van der Waals surface area (Å²) in [5.74, 6) is -1.88. The van der Waals surface area contributed by atoms with Gasteiger partial charge in [-0.25, -0.2) is 9.18 Å². The van der Waals surface area contributed by atoms with Crippen molar-refractivity contribution in [2.75, 3.05) is 18.0 Å². The molecule has 0 aliphatic carbocycles. The van der Waals surface area contributed by atoms with Crippen LogP contribution >= 0.6 is 0 Å². The van der Waals surface area contributed by atoms with E-state index < -0.39 is 11.8 Å². The number of aromatic carboxylic acids is 1. The highest BCUT2D eigenvalue weighted by Gasteiger charge is 2.35. The molecule has 1 aromatic carbocycles. The number of hydrogen-bond donors (Lipinski definition) is 1. The second-order valence-corrected chi connectivity index (χ2v) is 5.35. The largest absolute Gasteiger partial charge is 0.478 e. The van der Waals surface area contributed by atoms with E-state index in [-0.39, 0.29) is 5.56 Å². The number of carbonyl (C=O) groups is 1. The Hall–Kier alpha value is -1.58. The zero-order valence-corrected chi connectivity index (χ0v) is 11.4. The van der Waals surface area contributed by atoms with Gasteiger partial charge in [0.2, 0.25) is 0 Å². The second kappa shape index (κ2) is 5.19. The average molecular weight is 265 g/mol. The number of rotatable bonds is 4. The first-order chi connectivity index (χ1) is 9.01. The van der Waals surface area contributed by atoms with Gasteiger partial charge in [0, 0.05) is 18.8 Å². The molecule has 1 aliphatic rings. The highest BCUT2D eigenvalue weighted by Crippen LogP contribution is 2.39. The quantitative estimate of drug-likeness (QED) is 0.905. The van der Waals surface area contributed by atoms with Crippen LogP contribution in [0.25, 0.3) is 0 Å². The lowest BCUT2D eigenvalue weighted by atomic mass is 9.82. The van der Waals surface area contributed by atoms with Gasteiger partial charge in [-0.05, 0) is 42.9 Å². The minimum Gasteiger partial charge on any atom is -0.478 e. The van der Waals surface area contributed by atoms with Gasteiger partial charge in [0.15, 0.2) is 0 Å². The third-order valence-corrected chi connectivity index (χ3v) is 4.49. The number of hydrogen-bond acceptors (Lipinski definition) is 2. The predicted octanol–water partition coefficient (Wildman–Crippen LogP) is 3.54. The molecule has 104 valence electrons. The molecule has 2 rings (SSSR count). The fourth-order valence-electron chi connectivity index (χ4n) is 2.86. The Morgan fingerprint density at radius 2 is 2.11 bits per heavy atom. The van der Waals surface area contributed by atoms with Crippen molar-refractivity contribution < 1.29 is 14.3 Å². The molecule has 0 radical (unpaired) electrons. The smallest absolute Gasteiger partial charge is 0.338 e. The van der Waals surface area contributed by atoms with E-state index in [1.54, 1.807) is 6.07 Å². The minimum absolute atomic E-state index is 0.264. The van der Waals surface area contributed by atoms with Crippen LogP contribution < -0.4 is 4.90 Å². The number of halogens is 1. The number of anilines is 1. The van der Waals surface area contributed by atoms with Gasteiger partial charge in [-0.3, -0.25) is 0 Å². The Bertz CT molecular complexity index is 483. The van der Waals surface area contributed by atoms with Crippen molar-refractivity contribution in [3.05, 3.63) is 29.6 Å². The molecule has 19 heavy (non-hydrogen) atoms. The Balaban J connectivity index is 2.21. The fraction of sp³-hybridized carbons (Fsp3) is 0.533. The molecule has 1 aromatic rings. The Labute approximate surface area is 113 Å². The van der Waals surface area contributed by atoms with E-state index in [0.717, 1.165) is 38.0 Å². The lowest BCUT2D eigenvalue weighted by Gasteiger charge is -2.27. The standard InChI is InChI=1S/C15H20FNO2/c1-3-15(4-2)7-8-17(10-15)11-5-6-12(14(18)19)13(16)9-11/h5-6,9H,3-4,7-8,10H2,1-2H3,(H,18,19). The van der Waals surface area contributed by atoms with Crippen LogP contribution in [0.2, 0.25) is 0 Å². The van der Waals surface area contributed by atoms with Gasteiger partial charge in [-0.2, -0.15) is 0 Å². The molecule has 1 heterocycles. The monoisotopic (exact) mass is 265 g/mol. The molecular formula is C15H20FNO2. The van der Waals surface area contributed by atoms with E-state index in [9.17, 15) is 9.18 Å². The van der Waals surface area contributed by atoms with E-state index in [1.165, 1.54) is 12.1 Å². The minimum atomic E-state index is -1.22. The van der Waals surface area contributed by atoms with Gasteiger partial charge < -0.3 is 10.0 Å². The van der Waals surface area contributed by atoms with Crippen LogP contribution in [0.15, 0.2) is 18.2 Å². The molecule has 0 spiro atoms. The maximum Gasteiger partial charge on any atom is 0.338 e. The van der Waals surface area contributed by atoms with Crippen molar-refractivity contribution in [3.63, 3.8) is 0 Å². The van der Waals surface area contributed by atoms with Crippen LogP contribution in [0.3, 0.4) is 0 Å². The first-order valence-corrected chi connectivity index (χ1v) is 6.79. The molecule has 1 aliphatic heterocycles. The zero-order valence-electron chi connectivity index (χ0n) is 11.4. The molecule has 0 unspecified atom stereocenters. The van der Waals surface area contributed by atoms with Crippen LogP contribution in [0.5, 0.6) is 0 Å². The summed E-state index contributed by atoms with van der Waals surface area (Å²) in [5.41, 5.74) is 0.841. The maximum atomic E-state index is 13.7. The van der Waals surface area contributed by atoms with E-state index in [2.05, 4.69) is 18.7 Å². The van der Waals surface area contributed by atoms with Crippen molar-refractivity contribution in [3.8, 4) is 0 Å². The summed E-state index contributed by atoms with van der Waals surface area (Å²) in [4.78, 5) is 13.0. The maximum absolute atomic E-state index is 13.7. The normalized spacial score (nSPS) is 17.7. The lowest BCUT2D eigenvalue weighted by molar-refractivity contribution is 0.0692. The molecule has 0 atom stereocenters. The zero-order chi connectivity index (χ0) is 14.0. The van der Waals surface area contributed by atoms with Crippen LogP contribution in [-0.4, -0.2) is 24.2 Å². The first kappa shape index (κ1) is 13.8. The fourth-order valence-corrected chi connectivity index (χ4v) is 2.86. The predicted molar refractivity (Wildman–Crippen MR) is 73.2 cm³/mol. The molecule has 0 saturated carbocycles. The van der Waals surface area contributed by atoms with Crippen molar-refractivity contribution in [1.82, 2.24) is 0 Å². The van der Waals surface area contributed by atoms with E-state index in [4.69, 9.17) is 5.11 Å². The molecule has 3 nitrogen and oxygen atoms in total. The Morgan fingerprint density at radius 1 is 1.42 bits per heavy atom. The van der Waals surface area contributed by atoms with Crippen LogP contribution in [0.1, 0.15) is 43.5 Å². The molecule has 1 fully saturated rings. The lowest BCUT2D eigenvalue weighted by Crippen LogP contribution is -2.26. The van der Waals surface area contributed by atoms with Crippen molar-refractivity contribution >= 4 is 11.7 Å². The van der Waals surface area contributed by atoms with E-state index >= 15 is 0 Å². The van der Waals surface area contributed by atoms with Crippen LogP contribution in [0.4, 0.5) is 10.1 Å². The third kappa shape index (κ3) is 2.57. The summed E-state index contributed by atoms with van der Waals surface area (Å²) in [5, 5.41) is 8.83. The molecule has 0 bridgehead atoms. The molecular weight excluding hydrogens is 245 g/mol. The summed E-state index contributed by atoms with van der Waals surface area (Å²) in [6.45, 7) is 6.22. The summed E-state index contributed by atoms with van der Waals surface area (Å²) >= 11 is 0. The molecule has 0 amide bonds. The van der Waals surface area contributed by atoms with Gasteiger partial charge in [0.25, 0.3) is 0 Å². The van der Waals surface area contributed by atoms with E-state index in [1.807, 2.05) is 0 Å². The molecule has 1 saturated heterocycles. The van der Waals surface area contributed by atoms with Gasteiger partial charge in [-0.1, -0.05) is 13.8 Å². The molecule has 1 N–H and O–H groups in total. The van der Waals surface area contributed by atoms with Gasteiger partial charge in [0.05, 0.1) is 5.56 Å². The van der Waals surface area contributed by atoms with Gasteiger partial charge >= 0.3 is 5.97 Å². The molecule has 0 aromatic heterocycles. The topological polar surface area (TPSA) is 40.5 Å².